The number of H-pyrrole nitrogens is 1. The van der Waals surface area contributed by atoms with E-state index >= 15 is 0 Å². The van der Waals surface area contributed by atoms with Gasteiger partial charge in [0.25, 0.3) is 5.91 Å². The summed E-state index contributed by atoms with van der Waals surface area (Å²) in [6.45, 7) is 1.96. The topological polar surface area (TPSA) is 113 Å². The summed E-state index contributed by atoms with van der Waals surface area (Å²) in [5.74, 6) is -1.03. The lowest BCUT2D eigenvalue weighted by Crippen LogP contribution is -2.30. The number of aromatic amines is 1. The summed E-state index contributed by atoms with van der Waals surface area (Å²) in [6.07, 6.45) is 2.19. The third kappa shape index (κ3) is 3.24. The molecule has 1 aliphatic heterocycles. The Kier molecular flexibility index (Phi) is 4.50. The van der Waals surface area contributed by atoms with Gasteiger partial charge in [-0.3, -0.25) is 9.59 Å². The molecule has 0 spiro atoms. The maximum atomic E-state index is 14.3. The summed E-state index contributed by atoms with van der Waals surface area (Å²) in [5, 5.41) is 18.9. The van der Waals surface area contributed by atoms with Gasteiger partial charge in [0.1, 0.15) is 5.82 Å². The second kappa shape index (κ2) is 6.73. The number of amides is 2. The Morgan fingerprint density at radius 3 is 2.96 bits per heavy atom. The second-order valence-electron chi connectivity index (χ2n) is 5.62. The summed E-state index contributed by atoms with van der Waals surface area (Å²) < 4.78 is 14.3. The van der Waals surface area contributed by atoms with Gasteiger partial charge in [-0.05, 0) is 30.5 Å². The Hall–Kier alpha value is -2.84. The molecule has 1 aromatic carbocycles. The summed E-state index contributed by atoms with van der Waals surface area (Å²) in [4.78, 5) is 23.8. The van der Waals surface area contributed by atoms with E-state index in [0.717, 1.165) is 12.0 Å². The van der Waals surface area contributed by atoms with Crippen LogP contribution in [0.1, 0.15) is 54.0 Å². The fourth-order valence-corrected chi connectivity index (χ4v) is 2.68. The van der Waals surface area contributed by atoms with Gasteiger partial charge < -0.3 is 10.6 Å². The summed E-state index contributed by atoms with van der Waals surface area (Å²) in [6, 6.07) is 2.22. The molecule has 0 aliphatic carbocycles. The number of hydrogen-bond donors (Lipinski definition) is 3. The first-order chi connectivity index (χ1) is 11.6. The van der Waals surface area contributed by atoms with Crippen LogP contribution in [-0.4, -0.2) is 32.4 Å². The van der Waals surface area contributed by atoms with E-state index in [4.69, 9.17) is 0 Å². The number of hydrogen-bond acceptors (Lipinski definition) is 5. The molecule has 9 heteroatoms. The Bertz CT molecular complexity index is 762. The Balaban J connectivity index is 1.83. The van der Waals surface area contributed by atoms with Crippen LogP contribution >= 0.6 is 0 Å². The molecular weight excluding hydrogens is 315 g/mol. The van der Waals surface area contributed by atoms with Gasteiger partial charge in [-0.2, -0.15) is 5.21 Å². The highest BCUT2D eigenvalue weighted by atomic mass is 19.1. The van der Waals surface area contributed by atoms with Crippen LogP contribution in [0.25, 0.3) is 0 Å². The van der Waals surface area contributed by atoms with Crippen LogP contribution < -0.4 is 10.6 Å². The zero-order valence-electron chi connectivity index (χ0n) is 13.1. The molecule has 3 rings (SSSR count). The van der Waals surface area contributed by atoms with Crippen molar-refractivity contribution < 1.29 is 14.0 Å². The molecule has 126 valence electrons. The van der Waals surface area contributed by atoms with Crippen LogP contribution in [0.3, 0.4) is 0 Å². The molecule has 0 fully saturated rings. The van der Waals surface area contributed by atoms with Crippen LogP contribution in [0.2, 0.25) is 0 Å². The Morgan fingerprint density at radius 2 is 2.25 bits per heavy atom. The van der Waals surface area contributed by atoms with Crippen molar-refractivity contribution >= 4 is 17.5 Å². The van der Waals surface area contributed by atoms with Gasteiger partial charge in [-0.25, -0.2) is 4.39 Å². The van der Waals surface area contributed by atoms with Crippen LogP contribution in [0, 0.1) is 5.82 Å². The molecule has 0 saturated heterocycles. The lowest BCUT2D eigenvalue weighted by Gasteiger charge is -2.19. The molecular formula is C15H17FN6O2. The van der Waals surface area contributed by atoms with Crippen molar-refractivity contribution in [3.05, 3.63) is 34.9 Å². The number of nitrogens with one attached hydrogen (secondary N) is 3. The average molecular weight is 332 g/mol. The summed E-state index contributed by atoms with van der Waals surface area (Å²) in [7, 11) is 0. The quantitative estimate of drug-likeness (QED) is 0.768. The largest absolute Gasteiger partial charge is 0.342 e. The molecule has 24 heavy (non-hydrogen) atoms. The number of carbonyl (C=O) groups is 2. The minimum atomic E-state index is -0.684. The van der Waals surface area contributed by atoms with Crippen LogP contribution in [0.4, 0.5) is 10.1 Å². The Morgan fingerprint density at radius 1 is 1.42 bits per heavy atom. The van der Waals surface area contributed by atoms with E-state index in [1.807, 2.05) is 6.92 Å². The minimum Gasteiger partial charge on any atom is -0.342 e. The van der Waals surface area contributed by atoms with E-state index in [1.54, 1.807) is 0 Å². The van der Waals surface area contributed by atoms with E-state index in [-0.39, 0.29) is 11.5 Å². The maximum absolute atomic E-state index is 14.3. The van der Waals surface area contributed by atoms with E-state index in [1.165, 1.54) is 12.1 Å². The Labute approximate surface area is 137 Å². The first kappa shape index (κ1) is 16.0. The van der Waals surface area contributed by atoms with Crippen LogP contribution in [0.15, 0.2) is 12.1 Å². The standard InChI is InChI=1S/C15H17FN6O2/c1-2-3-11(14-19-21-22-20-14)18-15(24)9-6-8-4-5-13(23)17-12(8)7-10(9)16/h6-7,11H,2-5H2,1H3,(H,17,23)(H,18,24)(H,19,20,21,22). The number of anilines is 1. The molecule has 1 aromatic heterocycles. The zero-order valence-corrected chi connectivity index (χ0v) is 13.1. The van der Waals surface area contributed by atoms with Crippen molar-refractivity contribution in [1.82, 2.24) is 25.9 Å². The number of benzene rings is 1. The molecule has 0 bridgehead atoms. The highest BCUT2D eigenvalue weighted by Crippen LogP contribution is 2.26. The monoisotopic (exact) mass is 332 g/mol. The normalized spacial score (nSPS) is 14.7. The SMILES string of the molecule is CCCC(NC(=O)c1cc2c(cc1F)NC(=O)CC2)c1nn[nH]n1. The number of rotatable bonds is 5. The fraction of sp³-hybridized carbons (Fsp3) is 0.400. The highest BCUT2D eigenvalue weighted by Gasteiger charge is 2.23. The van der Waals surface area contributed by atoms with Crippen LogP contribution in [0.5, 0.6) is 0 Å². The van der Waals surface area contributed by atoms with E-state index in [2.05, 4.69) is 31.3 Å². The third-order valence-electron chi connectivity index (χ3n) is 3.89. The van der Waals surface area contributed by atoms with Crippen LogP contribution in [-0.2, 0) is 11.2 Å². The lowest BCUT2D eigenvalue weighted by molar-refractivity contribution is -0.116. The van der Waals surface area contributed by atoms with E-state index < -0.39 is 17.8 Å². The smallest absolute Gasteiger partial charge is 0.254 e. The number of tetrazole rings is 1. The highest BCUT2D eigenvalue weighted by molar-refractivity contribution is 5.98. The number of aryl methyl sites for hydroxylation is 1. The van der Waals surface area contributed by atoms with Crippen molar-refractivity contribution in [3.63, 3.8) is 0 Å². The fourth-order valence-electron chi connectivity index (χ4n) is 2.68. The summed E-state index contributed by atoms with van der Waals surface area (Å²) in [5.41, 5.74) is 1.10. The van der Waals surface area contributed by atoms with Gasteiger partial charge in [0.2, 0.25) is 5.91 Å². The van der Waals surface area contributed by atoms with Crippen molar-refractivity contribution in [3.8, 4) is 0 Å². The van der Waals surface area contributed by atoms with Gasteiger partial charge in [-0.1, -0.05) is 18.6 Å². The predicted octanol–water partition coefficient (Wildman–Crippen LogP) is 1.49. The average Bonchev–Trinajstić information content (AvgIpc) is 3.08. The second-order valence-corrected chi connectivity index (χ2v) is 5.62. The molecule has 2 heterocycles. The first-order valence-corrected chi connectivity index (χ1v) is 7.75. The molecule has 2 aromatic rings. The van der Waals surface area contributed by atoms with Crippen molar-refractivity contribution in [2.45, 2.75) is 38.6 Å². The number of fused-ring (bicyclic) bond motifs is 1. The maximum Gasteiger partial charge on any atom is 0.254 e. The van der Waals surface area contributed by atoms with Crippen molar-refractivity contribution in [2.75, 3.05) is 5.32 Å². The van der Waals surface area contributed by atoms with E-state index in [0.29, 0.717) is 30.8 Å². The molecule has 0 saturated carbocycles. The van der Waals surface area contributed by atoms with Gasteiger partial charge in [0, 0.05) is 12.1 Å². The van der Waals surface area contributed by atoms with Gasteiger partial charge >= 0.3 is 0 Å². The van der Waals surface area contributed by atoms with Crippen molar-refractivity contribution in [2.24, 2.45) is 0 Å². The minimum absolute atomic E-state index is 0.0607. The lowest BCUT2D eigenvalue weighted by atomic mass is 9.99. The predicted molar refractivity (Wildman–Crippen MR) is 82.6 cm³/mol. The number of aromatic nitrogens is 4. The number of halogens is 1. The molecule has 1 atom stereocenters. The van der Waals surface area contributed by atoms with E-state index in [9.17, 15) is 14.0 Å². The number of nitrogens with zero attached hydrogens (tertiary/aromatic N) is 3. The summed E-state index contributed by atoms with van der Waals surface area (Å²) >= 11 is 0. The van der Waals surface area contributed by atoms with Crippen molar-refractivity contribution in [1.29, 1.82) is 0 Å². The molecule has 8 nitrogen and oxygen atoms in total. The van der Waals surface area contributed by atoms with Gasteiger partial charge in [0.05, 0.1) is 11.6 Å². The number of carbonyl (C=O) groups excluding carboxylic acids is 2. The van der Waals surface area contributed by atoms with Gasteiger partial charge in [0.15, 0.2) is 5.82 Å². The molecule has 1 aliphatic rings. The third-order valence-corrected chi connectivity index (χ3v) is 3.89. The molecule has 2 amide bonds. The molecule has 3 N–H and O–H groups in total. The zero-order chi connectivity index (χ0) is 17.1. The van der Waals surface area contributed by atoms with Gasteiger partial charge in [-0.15, -0.1) is 10.2 Å². The molecule has 1 unspecified atom stereocenters. The first-order valence-electron chi connectivity index (χ1n) is 7.75. The molecule has 0 radical (unpaired) electrons.